The van der Waals surface area contributed by atoms with Crippen molar-refractivity contribution in [2.75, 3.05) is 6.54 Å². The van der Waals surface area contributed by atoms with Gasteiger partial charge in [-0.1, -0.05) is 73.7 Å². The molecule has 3 unspecified atom stereocenters. The molecule has 10 heteroatoms. The standard InChI is InChI=1S/C37H39FN4O4.ClH/c1-2-32(40-24-28-14-6-8-17-31(28)38)36(44)41-35(43)27-19-20-42(37(45)26-12-4-3-5-13-26)33(22-27)30-16-7-9-18-34(30)46-29-15-10-11-25(21-29)23-39;/h3-18,21,27,32-33,40H,2,19-20,22-24,39H2,1H3,(H,41,43,44);1H. The van der Waals surface area contributed by atoms with Gasteiger partial charge in [-0.2, -0.15) is 0 Å². The van der Waals surface area contributed by atoms with Crippen molar-refractivity contribution in [1.29, 1.82) is 0 Å². The third-order valence-corrected chi connectivity index (χ3v) is 8.36. The molecule has 4 N–H and O–H groups in total. The van der Waals surface area contributed by atoms with Gasteiger partial charge in [0.15, 0.2) is 0 Å². The molecule has 1 saturated heterocycles. The Bertz CT molecular complexity index is 1670. The second kappa shape index (κ2) is 16.8. The highest BCUT2D eigenvalue weighted by atomic mass is 35.5. The quantitative estimate of drug-likeness (QED) is 0.174. The summed E-state index contributed by atoms with van der Waals surface area (Å²) in [6.45, 7) is 2.66. The van der Waals surface area contributed by atoms with Gasteiger partial charge < -0.3 is 20.7 Å². The van der Waals surface area contributed by atoms with E-state index in [0.717, 1.165) is 11.1 Å². The molecule has 0 radical (unpaired) electrons. The molecule has 0 aromatic heterocycles. The number of amides is 3. The third kappa shape index (κ3) is 8.83. The first-order valence-electron chi connectivity index (χ1n) is 15.6. The highest BCUT2D eigenvalue weighted by Crippen LogP contribution is 2.40. The first-order valence-corrected chi connectivity index (χ1v) is 15.6. The van der Waals surface area contributed by atoms with Crippen molar-refractivity contribution in [3.8, 4) is 11.5 Å². The number of halogens is 2. The monoisotopic (exact) mass is 658 g/mol. The molecular formula is C37H40ClFN4O4. The van der Waals surface area contributed by atoms with E-state index < -0.39 is 29.8 Å². The van der Waals surface area contributed by atoms with Crippen molar-refractivity contribution < 1.29 is 23.5 Å². The fraction of sp³-hybridized carbons (Fsp3) is 0.270. The molecule has 3 atom stereocenters. The van der Waals surface area contributed by atoms with Crippen LogP contribution in [0.4, 0.5) is 4.39 Å². The van der Waals surface area contributed by atoms with Crippen molar-refractivity contribution in [3.05, 3.63) is 131 Å². The maximum absolute atomic E-state index is 14.1. The normalized spacial score (nSPS) is 16.4. The van der Waals surface area contributed by atoms with E-state index in [1.54, 1.807) is 35.2 Å². The van der Waals surface area contributed by atoms with Gasteiger partial charge in [0, 0.05) is 42.2 Å². The molecule has 1 aliphatic rings. The summed E-state index contributed by atoms with van der Waals surface area (Å²) in [6.07, 6.45) is 1.09. The Balaban J connectivity index is 0.00000500. The summed E-state index contributed by atoms with van der Waals surface area (Å²) in [5.74, 6) is -0.738. The van der Waals surface area contributed by atoms with E-state index in [1.807, 2.05) is 73.7 Å². The van der Waals surface area contributed by atoms with Gasteiger partial charge in [-0.15, -0.1) is 12.4 Å². The van der Waals surface area contributed by atoms with Crippen LogP contribution in [0.25, 0.3) is 0 Å². The van der Waals surface area contributed by atoms with E-state index in [0.29, 0.717) is 55.0 Å². The molecule has 0 spiro atoms. The number of carbonyl (C=O) groups excluding carboxylic acids is 3. The number of hydrogen-bond donors (Lipinski definition) is 3. The van der Waals surface area contributed by atoms with Gasteiger partial charge in [0.05, 0.1) is 12.1 Å². The van der Waals surface area contributed by atoms with Crippen molar-refractivity contribution in [3.63, 3.8) is 0 Å². The number of carbonyl (C=O) groups is 3. The molecule has 4 aromatic carbocycles. The summed E-state index contributed by atoms with van der Waals surface area (Å²) in [7, 11) is 0. The minimum atomic E-state index is -0.683. The summed E-state index contributed by atoms with van der Waals surface area (Å²) in [5.41, 5.74) is 8.50. The second-order valence-electron chi connectivity index (χ2n) is 11.4. The van der Waals surface area contributed by atoms with Gasteiger partial charge in [-0.3, -0.25) is 19.7 Å². The van der Waals surface area contributed by atoms with Crippen LogP contribution in [0.5, 0.6) is 11.5 Å². The maximum atomic E-state index is 14.1. The van der Waals surface area contributed by atoms with Crippen molar-refractivity contribution in [2.45, 2.75) is 51.4 Å². The van der Waals surface area contributed by atoms with E-state index >= 15 is 0 Å². The Kier molecular flexibility index (Phi) is 12.6. The lowest BCUT2D eigenvalue weighted by molar-refractivity contribution is -0.135. The average molecular weight is 659 g/mol. The van der Waals surface area contributed by atoms with Gasteiger partial charge in [-0.25, -0.2) is 4.39 Å². The van der Waals surface area contributed by atoms with Crippen molar-refractivity contribution in [2.24, 2.45) is 11.7 Å². The Hall–Kier alpha value is -4.57. The van der Waals surface area contributed by atoms with Crippen LogP contribution >= 0.6 is 12.4 Å². The highest BCUT2D eigenvalue weighted by molar-refractivity contribution is 5.99. The van der Waals surface area contributed by atoms with Crippen LogP contribution in [0.2, 0.25) is 0 Å². The third-order valence-electron chi connectivity index (χ3n) is 8.36. The van der Waals surface area contributed by atoms with Crippen LogP contribution in [0.3, 0.4) is 0 Å². The summed E-state index contributed by atoms with van der Waals surface area (Å²) < 4.78 is 20.5. The van der Waals surface area contributed by atoms with Crippen LogP contribution in [-0.2, 0) is 22.7 Å². The lowest BCUT2D eigenvalue weighted by Crippen LogP contribution is -2.50. The number of ether oxygens (including phenoxy) is 1. The zero-order valence-electron chi connectivity index (χ0n) is 26.2. The van der Waals surface area contributed by atoms with E-state index in [-0.39, 0.29) is 30.7 Å². The lowest BCUT2D eigenvalue weighted by atomic mass is 9.85. The molecule has 8 nitrogen and oxygen atoms in total. The largest absolute Gasteiger partial charge is 0.457 e. The molecule has 4 aromatic rings. The lowest BCUT2D eigenvalue weighted by Gasteiger charge is -2.40. The van der Waals surface area contributed by atoms with Crippen LogP contribution in [0, 0.1) is 11.7 Å². The molecule has 0 bridgehead atoms. The number of imide groups is 1. The minimum Gasteiger partial charge on any atom is -0.457 e. The first kappa shape index (κ1) is 35.3. The number of likely N-dealkylation sites (tertiary alicyclic amines) is 1. The molecular weight excluding hydrogens is 619 g/mol. The van der Waals surface area contributed by atoms with E-state index in [2.05, 4.69) is 10.6 Å². The van der Waals surface area contributed by atoms with Crippen molar-refractivity contribution >= 4 is 30.1 Å². The van der Waals surface area contributed by atoms with Gasteiger partial charge in [0.2, 0.25) is 11.8 Å². The molecule has 1 heterocycles. The number of nitrogens with zero attached hydrogens (tertiary/aromatic N) is 1. The molecule has 246 valence electrons. The zero-order valence-corrected chi connectivity index (χ0v) is 27.0. The molecule has 0 aliphatic carbocycles. The Morgan fingerprint density at radius 3 is 2.43 bits per heavy atom. The Morgan fingerprint density at radius 2 is 1.68 bits per heavy atom. The topological polar surface area (TPSA) is 114 Å². The van der Waals surface area contributed by atoms with Crippen molar-refractivity contribution in [1.82, 2.24) is 15.5 Å². The number of para-hydroxylation sites is 1. The number of benzene rings is 4. The summed E-state index contributed by atoms with van der Waals surface area (Å²) in [6, 6.07) is 29.2. The van der Waals surface area contributed by atoms with Crippen LogP contribution in [0.1, 0.15) is 59.3 Å². The average Bonchev–Trinajstić information content (AvgIpc) is 3.09. The Morgan fingerprint density at radius 1 is 0.957 bits per heavy atom. The fourth-order valence-electron chi connectivity index (χ4n) is 5.81. The number of nitrogens with one attached hydrogen (secondary N) is 2. The highest BCUT2D eigenvalue weighted by Gasteiger charge is 2.38. The maximum Gasteiger partial charge on any atom is 0.254 e. The zero-order chi connectivity index (χ0) is 32.5. The predicted octanol–water partition coefficient (Wildman–Crippen LogP) is 6.30. The summed E-state index contributed by atoms with van der Waals surface area (Å²) in [5, 5.41) is 5.65. The van der Waals surface area contributed by atoms with Gasteiger partial charge in [0.25, 0.3) is 5.91 Å². The van der Waals surface area contributed by atoms with Crippen LogP contribution in [-0.4, -0.2) is 35.2 Å². The Labute approximate surface area is 280 Å². The van der Waals surface area contributed by atoms with Gasteiger partial charge >= 0.3 is 0 Å². The number of piperidine rings is 1. The summed E-state index contributed by atoms with van der Waals surface area (Å²) in [4.78, 5) is 42.3. The fourth-order valence-corrected chi connectivity index (χ4v) is 5.81. The minimum absolute atomic E-state index is 0. The smallest absolute Gasteiger partial charge is 0.254 e. The molecule has 3 amide bonds. The van der Waals surface area contributed by atoms with Crippen LogP contribution < -0.4 is 21.1 Å². The molecule has 47 heavy (non-hydrogen) atoms. The molecule has 1 fully saturated rings. The van der Waals surface area contributed by atoms with Gasteiger partial charge in [-0.05, 0) is 61.2 Å². The predicted molar refractivity (Wildman–Crippen MR) is 182 cm³/mol. The number of nitrogens with two attached hydrogens (primary N) is 1. The van der Waals surface area contributed by atoms with Crippen LogP contribution in [0.15, 0.2) is 103 Å². The van der Waals surface area contributed by atoms with E-state index in [1.165, 1.54) is 6.07 Å². The summed E-state index contributed by atoms with van der Waals surface area (Å²) >= 11 is 0. The number of hydrogen-bond acceptors (Lipinski definition) is 6. The first-order chi connectivity index (χ1) is 22.4. The van der Waals surface area contributed by atoms with E-state index in [9.17, 15) is 18.8 Å². The molecule has 1 aliphatic heterocycles. The second-order valence-corrected chi connectivity index (χ2v) is 11.4. The SMILES string of the molecule is CCC(NCc1ccccc1F)C(=O)NC(=O)C1CCN(C(=O)c2ccccc2)C(c2ccccc2Oc2cccc(CN)c2)C1.Cl. The molecule has 5 rings (SSSR count). The number of rotatable bonds is 11. The molecule has 0 saturated carbocycles. The van der Waals surface area contributed by atoms with E-state index in [4.69, 9.17) is 10.5 Å². The van der Waals surface area contributed by atoms with Gasteiger partial charge in [0.1, 0.15) is 17.3 Å².